The van der Waals surface area contributed by atoms with Crippen LogP contribution in [0, 0.1) is 6.92 Å². The lowest BCUT2D eigenvalue weighted by molar-refractivity contribution is -0.124. The third-order valence-electron chi connectivity index (χ3n) is 5.83. The van der Waals surface area contributed by atoms with Crippen LogP contribution in [0.15, 0.2) is 30.3 Å². The van der Waals surface area contributed by atoms with E-state index >= 15 is 0 Å². The SMILES string of the molecule is Cc1ccc2c(N)n[nH]c2c1-c1ccc2c(c1)NC(=O)C21CCOCC1. The average molecular weight is 348 g/mol. The van der Waals surface area contributed by atoms with Crippen LogP contribution in [-0.2, 0) is 14.9 Å². The summed E-state index contributed by atoms with van der Waals surface area (Å²) in [5.74, 6) is 0.588. The molecule has 0 unspecified atom stereocenters. The van der Waals surface area contributed by atoms with Crippen molar-refractivity contribution in [1.82, 2.24) is 10.2 Å². The summed E-state index contributed by atoms with van der Waals surface area (Å²) in [6, 6.07) is 10.3. The Morgan fingerprint density at radius 2 is 2.00 bits per heavy atom. The average Bonchev–Trinajstić information content (AvgIpc) is 3.14. The number of nitrogens with zero attached hydrogens (tertiary/aromatic N) is 1. The molecule has 1 amide bonds. The lowest BCUT2D eigenvalue weighted by Crippen LogP contribution is -2.39. The highest BCUT2D eigenvalue weighted by Crippen LogP contribution is 2.46. The fourth-order valence-electron chi connectivity index (χ4n) is 4.39. The molecule has 4 N–H and O–H groups in total. The summed E-state index contributed by atoms with van der Waals surface area (Å²) in [5.41, 5.74) is 11.7. The zero-order valence-corrected chi connectivity index (χ0v) is 14.6. The molecule has 0 saturated carbocycles. The molecule has 3 heterocycles. The van der Waals surface area contributed by atoms with Gasteiger partial charge in [0.25, 0.3) is 0 Å². The number of aromatic nitrogens is 2. The second-order valence-corrected chi connectivity index (χ2v) is 7.20. The van der Waals surface area contributed by atoms with Crippen LogP contribution in [0.25, 0.3) is 22.0 Å². The van der Waals surface area contributed by atoms with E-state index in [0.29, 0.717) is 19.0 Å². The molecule has 1 spiro atoms. The van der Waals surface area contributed by atoms with E-state index in [1.807, 2.05) is 6.07 Å². The first-order chi connectivity index (χ1) is 12.6. The lowest BCUT2D eigenvalue weighted by atomic mass is 9.75. The summed E-state index contributed by atoms with van der Waals surface area (Å²) >= 11 is 0. The molecule has 0 bridgehead atoms. The molecule has 2 aliphatic rings. The number of aryl methyl sites for hydroxylation is 1. The van der Waals surface area contributed by atoms with Crippen molar-refractivity contribution >= 4 is 28.3 Å². The van der Waals surface area contributed by atoms with Gasteiger partial charge in [-0.25, -0.2) is 0 Å². The van der Waals surface area contributed by atoms with Crippen LogP contribution in [0.1, 0.15) is 24.0 Å². The van der Waals surface area contributed by atoms with Crippen molar-refractivity contribution in [2.45, 2.75) is 25.2 Å². The number of hydrogen-bond donors (Lipinski definition) is 3. The third-order valence-corrected chi connectivity index (χ3v) is 5.83. The minimum Gasteiger partial charge on any atom is -0.382 e. The molecule has 6 nitrogen and oxygen atoms in total. The fraction of sp³-hybridized carbons (Fsp3) is 0.300. The molecular weight excluding hydrogens is 328 g/mol. The number of nitrogen functional groups attached to an aromatic ring is 1. The summed E-state index contributed by atoms with van der Waals surface area (Å²) in [6.45, 7) is 3.32. The molecule has 5 rings (SSSR count). The molecule has 1 saturated heterocycles. The zero-order chi connectivity index (χ0) is 17.9. The first kappa shape index (κ1) is 15.4. The summed E-state index contributed by atoms with van der Waals surface area (Å²) in [6.07, 6.45) is 1.47. The standard InChI is InChI=1S/C20H20N4O2/c1-11-2-4-13-17(23-24-18(13)21)16(11)12-3-5-14-15(10-12)22-19(25)20(14)6-8-26-9-7-20/h2-5,10H,6-9H2,1H3,(H,22,25)(H3,21,23,24). The number of amides is 1. The van der Waals surface area contributed by atoms with Crippen LogP contribution in [0.3, 0.4) is 0 Å². The number of nitrogens with one attached hydrogen (secondary N) is 2. The topological polar surface area (TPSA) is 93.0 Å². The van der Waals surface area contributed by atoms with Gasteiger partial charge in [0.05, 0.1) is 10.9 Å². The van der Waals surface area contributed by atoms with E-state index in [1.54, 1.807) is 0 Å². The molecular formula is C20H20N4O2. The maximum absolute atomic E-state index is 12.7. The maximum atomic E-state index is 12.7. The van der Waals surface area contributed by atoms with Crippen LogP contribution in [0.4, 0.5) is 11.5 Å². The van der Waals surface area contributed by atoms with E-state index in [0.717, 1.165) is 51.7 Å². The largest absolute Gasteiger partial charge is 0.382 e. The Kier molecular flexibility index (Phi) is 3.15. The lowest BCUT2D eigenvalue weighted by Gasteiger charge is -2.31. The number of ether oxygens (including phenoxy) is 1. The quantitative estimate of drug-likeness (QED) is 0.630. The molecule has 0 radical (unpaired) electrons. The Morgan fingerprint density at radius 1 is 1.19 bits per heavy atom. The van der Waals surface area contributed by atoms with Crippen molar-refractivity contribution in [2.75, 3.05) is 24.3 Å². The Balaban J connectivity index is 1.67. The molecule has 0 atom stereocenters. The predicted molar refractivity (Wildman–Crippen MR) is 101 cm³/mol. The second-order valence-electron chi connectivity index (χ2n) is 7.20. The smallest absolute Gasteiger partial charge is 0.235 e. The molecule has 2 aromatic carbocycles. The number of aromatic amines is 1. The minimum absolute atomic E-state index is 0.0914. The van der Waals surface area contributed by atoms with Crippen molar-refractivity contribution in [3.05, 3.63) is 41.5 Å². The molecule has 2 aliphatic heterocycles. The number of anilines is 2. The van der Waals surface area contributed by atoms with E-state index in [4.69, 9.17) is 10.5 Å². The van der Waals surface area contributed by atoms with Crippen LogP contribution >= 0.6 is 0 Å². The highest BCUT2D eigenvalue weighted by molar-refractivity contribution is 6.08. The number of benzene rings is 2. The van der Waals surface area contributed by atoms with Gasteiger partial charge in [-0.2, -0.15) is 5.10 Å². The summed E-state index contributed by atoms with van der Waals surface area (Å²) < 4.78 is 5.48. The third kappa shape index (κ3) is 1.96. The minimum atomic E-state index is -0.439. The van der Waals surface area contributed by atoms with Crippen LogP contribution in [0.2, 0.25) is 0 Å². The number of carbonyl (C=O) groups excluding carboxylic acids is 1. The van der Waals surface area contributed by atoms with E-state index in [1.165, 1.54) is 0 Å². The zero-order valence-electron chi connectivity index (χ0n) is 14.6. The predicted octanol–water partition coefficient (Wildman–Crippen LogP) is 3.12. The van der Waals surface area contributed by atoms with Crippen molar-refractivity contribution in [1.29, 1.82) is 0 Å². The Morgan fingerprint density at radius 3 is 2.81 bits per heavy atom. The molecule has 0 aliphatic carbocycles. The Bertz CT molecular complexity index is 1050. The Hall–Kier alpha value is -2.86. The molecule has 1 aromatic heterocycles. The summed E-state index contributed by atoms with van der Waals surface area (Å²) in [7, 11) is 0. The highest BCUT2D eigenvalue weighted by Gasteiger charge is 2.47. The van der Waals surface area contributed by atoms with E-state index in [9.17, 15) is 4.79 Å². The van der Waals surface area contributed by atoms with Gasteiger partial charge < -0.3 is 15.8 Å². The van der Waals surface area contributed by atoms with Crippen LogP contribution in [-0.4, -0.2) is 29.3 Å². The fourth-order valence-corrected chi connectivity index (χ4v) is 4.39. The molecule has 3 aromatic rings. The van der Waals surface area contributed by atoms with Crippen LogP contribution in [0.5, 0.6) is 0 Å². The van der Waals surface area contributed by atoms with Gasteiger partial charge in [-0.3, -0.25) is 9.89 Å². The summed E-state index contributed by atoms with van der Waals surface area (Å²) in [5, 5.41) is 11.2. The van der Waals surface area contributed by atoms with Gasteiger partial charge in [-0.15, -0.1) is 0 Å². The number of hydrogen-bond acceptors (Lipinski definition) is 4. The van der Waals surface area contributed by atoms with E-state index in [2.05, 4.69) is 46.7 Å². The first-order valence-electron chi connectivity index (χ1n) is 8.87. The number of rotatable bonds is 1. The maximum Gasteiger partial charge on any atom is 0.235 e. The van der Waals surface area contributed by atoms with Crippen molar-refractivity contribution in [2.24, 2.45) is 0 Å². The number of H-pyrrole nitrogens is 1. The van der Waals surface area contributed by atoms with Crippen molar-refractivity contribution in [3.63, 3.8) is 0 Å². The number of fused-ring (bicyclic) bond motifs is 3. The molecule has 132 valence electrons. The van der Waals surface area contributed by atoms with Gasteiger partial charge in [-0.1, -0.05) is 18.2 Å². The van der Waals surface area contributed by atoms with Crippen molar-refractivity contribution < 1.29 is 9.53 Å². The number of nitrogens with two attached hydrogens (primary N) is 1. The van der Waals surface area contributed by atoms with Gasteiger partial charge in [0.1, 0.15) is 0 Å². The van der Waals surface area contributed by atoms with Gasteiger partial charge in [0.2, 0.25) is 5.91 Å². The number of carbonyl (C=O) groups is 1. The molecule has 1 fully saturated rings. The van der Waals surface area contributed by atoms with Gasteiger partial charge >= 0.3 is 0 Å². The van der Waals surface area contributed by atoms with E-state index < -0.39 is 5.41 Å². The molecule has 6 heteroatoms. The summed E-state index contributed by atoms with van der Waals surface area (Å²) in [4.78, 5) is 12.7. The Labute approximate surface area is 150 Å². The van der Waals surface area contributed by atoms with Gasteiger partial charge in [-0.05, 0) is 48.6 Å². The molecule has 26 heavy (non-hydrogen) atoms. The van der Waals surface area contributed by atoms with E-state index in [-0.39, 0.29) is 5.91 Å². The van der Waals surface area contributed by atoms with Gasteiger partial charge in [0, 0.05) is 29.9 Å². The second kappa shape index (κ2) is 5.32. The van der Waals surface area contributed by atoms with Crippen molar-refractivity contribution in [3.8, 4) is 11.1 Å². The monoisotopic (exact) mass is 348 g/mol. The van der Waals surface area contributed by atoms with Gasteiger partial charge in [0.15, 0.2) is 5.82 Å². The van der Waals surface area contributed by atoms with Crippen LogP contribution < -0.4 is 11.1 Å². The normalized spacial score (nSPS) is 18.3. The highest BCUT2D eigenvalue weighted by atomic mass is 16.5. The first-order valence-corrected chi connectivity index (χ1v) is 8.87.